The highest BCUT2D eigenvalue weighted by molar-refractivity contribution is 6.18. The molecule has 0 bridgehead atoms. The second-order valence-corrected chi connectivity index (χ2v) is 4.59. The lowest BCUT2D eigenvalue weighted by Gasteiger charge is -2.14. The van der Waals surface area contributed by atoms with Gasteiger partial charge >= 0.3 is 0 Å². The number of nitrogens with one attached hydrogen (secondary N) is 1. The summed E-state index contributed by atoms with van der Waals surface area (Å²) in [6.45, 7) is 0.556. The molecule has 1 aromatic rings. The van der Waals surface area contributed by atoms with Crippen molar-refractivity contribution in [2.45, 2.75) is 18.3 Å². The molecule has 0 aliphatic heterocycles. The summed E-state index contributed by atoms with van der Waals surface area (Å²) in [5.74, 6) is 0.614. The quantitative estimate of drug-likeness (QED) is 0.631. The van der Waals surface area contributed by atoms with E-state index in [1.165, 1.54) is 0 Å². The van der Waals surface area contributed by atoms with Gasteiger partial charge < -0.3 is 5.32 Å². The van der Waals surface area contributed by atoms with E-state index in [0.29, 0.717) is 12.4 Å². The molecule has 1 fully saturated rings. The number of carbonyl (C=O) groups is 1. The molecule has 1 aliphatic carbocycles. The Morgan fingerprint density at radius 3 is 2.59 bits per heavy atom. The van der Waals surface area contributed by atoms with Gasteiger partial charge in [0.25, 0.3) is 0 Å². The fraction of sp³-hybridized carbons (Fsp3) is 0.357. The number of hydrogen-bond donors (Lipinski definition) is 1. The summed E-state index contributed by atoms with van der Waals surface area (Å²) >= 11 is 5.52. The van der Waals surface area contributed by atoms with Crippen molar-refractivity contribution >= 4 is 17.5 Å². The van der Waals surface area contributed by atoms with Gasteiger partial charge in [0.05, 0.1) is 5.41 Å². The molecular formula is C14H16ClNO. The average Bonchev–Trinajstić information content (AvgIpc) is 3.17. The average molecular weight is 250 g/mol. The van der Waals surface area contributed by atoms with Crippen molar-refractivity contribution in [1.82, 2.24) is 5.32 Å². The third kappa shape index (κ3) is 2.70. The van der Waals surface area contributed by atoms with Crippen molar-refractivity contribution < 1.29 is 4.79 Å². The first-order valence-corrected chi connectivity index (χ1v) is 6.38. The summed E-state index contributed by atoms with van der Waals surface area (Å²) in [5.41, 5.74) is 0.856. The highest BCUT2D eigenvalue weighted by atomic mass is 35.5. The lowest BCUT2D eigenvalue weighted by molar-refractivity contribution is -0.123. The summed E-state index contributed by atoms with van der Waals surface area (Å²) in [7, 11) is 0. The Hall–Kier alpha value is -1.28. The number of benzene rings is 1. The van der Waals surface area contributed by atoms with E-state index >= 15 is 0 Å². The maximum absolute atomic E-state index is 12.1. The van der Waals surface area contributed by atoms with Crippen LogP contribution in [0.4, 0.5) is 0 Å². The molecule has 2 rings (SSSR count). The number of alkyl halides is 1. The van der Waals surface area contributed by atoms with Crippen LogP contribution < -0.4 is 5.32 Å². The lowest BCUT2D eigenvalue weighted by Crippen LogP contribution is -2.34. The van der Waals surface area contributed by atoms with Crippen LogP contribution in [-0.2, 0) is 10.2 Å². The van der Waals surface area contributed by atoms with Crippen molar-refractivity contribution in [2.24, 2.45) is 0 Å². The van der Waals surface area contributed by atoms with Gasteiger partial charge in [-0.15, -0.1) is 11.6 Å². The number of hydrogen-bond acceptors (Lipinski definition) is 1. The maximum Gasteiger partial charge on any atom is 0.230 e. The summed E-state index contributed by atoms with van der Waals surface area (Å²) < 4.78 is 0. The molecule has 1 N–H and O–H groups in total. The molecule has 0 aromatic heterocycles. The van der Waals surface area contributed by atoms with Crippen LogP contribution in [0.3, 0.4) is 0 Å². The molecule has 90 valence electrons. The van der Waals surface area contributed by atoms with Crippen LogP contribution >= 0.6 is 11.6 Å². The lowest BCUT2D eigenvalue weighted by atomic mass is 9.95. The van der Waals surface area contributed by atoms with E-state index in [4.69, 9.17) is 11.6 Å². The minimum atomic E-state index is -0.268. The molecule has 0 heterocycles. The van der Waals surface area contributed by atoms with Crippen molar-refractivity contribution in [2.75, 3.05) is 12.4 Å². The minimum absolute atomic E-state index is 0.128. The van der Waals surface area contributed by atoms with Crippen LogP contribution in [0.25, 0.3) is 0 Å². The molecule has 3 heteroatoms. The van der Waals surface area contributed by atoms with Crippen LogP contribution in [0.5, 0.6) is 0 Å². The number of halogens is 1. The second-order valence-electron chi connectivity index (χ2n) is 4.28. The molecule has 2 nitrogen and oxygen atoms in total. The number of allylic oxidation sites excluding steroid dienone is 1. The van der Waals surface area contributed by atoms with E-state index < -0.39 is 0 Å². The van der Waals surface area contributed by atoms with Gasteiger partial charge in [0.1, 0.15) is 0 Å². The van der Waals surface area contributed by atoms with Crippen LogP contribution in [0, 0.1) is 0 Å². The number of amides is 1. The van der Waals surface area contributed by atoms with Crippen molar-refractivity contribution in [3.05, 3.63) is 48.0 Å². The summed E-state index contributed by atoms with van der Waals surface area (Å²) in [6.07, 6.45) is 5.61. The Morgan fingerprint density at radius 1 is 1.29 bits per heavy atom. The second kappa shape index (κ2) is 5.37. The first kappa shape index (κ1) is 12.2. The maximum atomic E-state index is 12.1. The van der Waals surface area contributed by atoms with Gasteiger partial charge in [-0.1, -0.05) is 42.5 Å². The SMILES string of the molecule is O=C(NC/C=C/CCl)C1(c2ccccc2)CC1. The Labute approximate surface area is 107 Å². The molecule has 0 atom stereocenters. The molecule has 0 unspecified atom stereocenters. The monoisotopic (exact) mass is 249 g/mol. The summed E-state index contributed by atoms with van der Waals surface area (Å²) in [4.78, 5) is 12.1. The zero-order valence-electron chi connectivity index (χ0n) is 9.66. The first-order chi connectivity index (χ1) is 8.29. The Bertz CT molecular complexity index is 409. The summed E-state index contributed by atoms with van der Waals surface area (Å²) in [6, 6.07) is 10.00. The summed E-state index contributed by atoms with van der Waals surface area (Å²) in [5, 5.41) is 2.93. The van der Waals surface area contributed by atoms with Crippen LogP contribution in [0.15, 0.2) is 42.5 Å². The molecule has 1 saturated carbocycles. The topological polar surface area (TPSA) is 29.1 Å². The smallest absolute Gasteiger partial charge is 0.230 e. The van der Waals surface area contributed by atoms with Crippen molar-refractivity contribution in [3.8, 4) is 0 Å². The standard InChI is InChI=1S/C14H16ClNO/c15-10-4-5-11-16-13(17)14(8-9-14)12-6-2-1-3-7-12/h1-7H,8-11H2,(H,16,17)/b5-4+. The third-order valence-corrected chi connectivity index (χ3v) is 3.33. The molecule has 0 radical (unpaired) electrons. The van der Waals surface area contributed by atoms with E-state index in [9.17, 15) is 4.79 Å². The molecule has 1 aromatic carbocycles. The van der Waals surface area contributed by atoms with Gasteiger partial charge in [0.2, 0.25) is 5.91 Å². The van der Waals surface area contributed by atoms with Gasteiger partial charge in [-0.25, -0.2) is 0 Å². The van der Waals surface area contributed by atoms with Gasteiger partial charge in [-0.3, -0.25) is 4.79 Å². The normalized spacial score (nSPS) is 17.0. The molecule has 17 heavy (non-hydrogen) atoms. The van der Waals surface area contributed by atoms with Gasteiger partial charge in [0, 0.05) is 12.4 Å². The van der Waals surface area contributed by atoms with Crippen LogP contribution in [0.1, 0.15) is 18.4 Å². The van der Waals surface area contributed by atoms with E-state index in [-0.39, 0.29) is 11.3 Å². The molecular weight excluding hydrogens is 234 g/mol. The van der Waals surface area contributed by atoms with E-state index in [2.05, 4.69) is 5.32 Å². The van der Waals surface area contributed by atoms with Crippen LogP contribution in [-0.4, -0.2) is 18.3 Å². The zero-order chi connectivity index (χ0) is 12.1. The fourth-order valence-electron chi connectivity index (χ4n) is 2.00. The van der Waals surface area contributed by atoms with Crippen molar-refractivity contribution in [1.29, 1.82) is 0 Å². The molecule has 0 saturated heterocycles. The van der Waals surface area contributed by atoms with Gasteiger partial charge in [-0.2, -0.15) is 0 Å². The van der Waals surface area contributed by atoms with E-state index in [1.807, 2.05) is 42.5 Å². The predicted molar refractivity (Wildman–Crippen MR) is 70.2 cm³/mol. The molecule has 1 amide bonds. The van der Waals surface area contributed by atoms with Gasteiger partial charge in [-0.05, 0) is 18.4 Å². The Balaban J connectivity index is 1.97. The Kier molecular flexibility index (Phi) is 3.85. The molecule has 1 aliphatic rings. The Morgan fingerprint density at radius 2 is 2.00 bits per heavy atom. The highest BCUT2D eigenvalue weighted by Crippen LogP contribution is 2.48. The van der Waals surface area contributed by atoms with E-state index in [0.717, 1.165) is 18.4 Å². The molecule has 0 spiro atoms. The van der Waals surface area contributed by atoms with Crippen molar-refractivity contribution in [3.63, 3.8) is 0 Å². The van der Waals surface area contributed by atoms with E-state index in [1.54, 1.807) is 0 Å². The minimum Gasteiger partial charge on any atom is -0.352 e. The fourth-order valence-corrected chi connectivity index (χ4v) is 2.12. The highest BCUT2D eigenvalue weighted by Gasteiger charge is 2.50. The van der Waals surface area contributed by atoms with Crippen LogP contribution in [0.2, 0.25) is 0 Å². The largest absolute Gasteiger partial charge is 0.352 e. The zero-order valence-corrected chi connectivity index (χ0v) is 10.4. The van der Waals surface area contributed by atoms with Gasteiger partial charge in [0.15, 0.2) is 0 Å². The third-order valence-electron chi connectivity index (χ3n) is 3.15. The number of rotatable bonds is 5. The predicted octanol–water partition coefficient (Wildman–Crippen LogP) is 2.63. The number of carbonyl (C=O) groups excluding carboxylic acids is 1. The first-order valence-electron chi connectivity index (χ1n) is 5.84.